The van der Waals surface area contributed by atoms with E-state index in [2.05, 4.69) is 24.4 Å². The smallest absolute Gasteiger partial charge is 0.407 e. The topological polar surface area (TPSA) is 94.1 Å². The lowest BCUT2D eigenvalue weighted by Gasteiger charge is -2.27. The number of amides is 1. The van der Waals surface area contributed by atoms with Crippen LogP contribution < -0.4 is 5.32 Å². The number of hydrogen-bond donors (Lipinski definition) is 2. The number of nitrogens with one attached hydrogen (secondary N) is 1. The fourth-order valence-corrected chi connectivity index (χ4v) is 5.67. The number of aliphatic hydroxyl groups is 1. The van der Waals surface area contributed by atoms with E-state index in [1.54, 1.807) is 13.8 Å². The number of carbonyl (C=O) groups excluding carboxylic acids is 1. The van der Waals surface area contributed by atoms with Crippen LogP contribution in [0.2, 0.25) is 0 Å². The SMILES string of the molecule is CCCCCCCCc1ccc(CC(NC(=O)OCCCC)C(O)CP(=O)(OCC)OCC)cc1. The predicted octanol–water partition coefficient (Wildman–Crippen LogP) is 6.65. The van der Waals surface area contributed by atoms with Crippen molar-refractivity contribution in [1.82, 2.24) is 5.32 Å². The molecule has 1 aromatic rings. The van der Waals surface area contributed by atoms with Gasteiger partial charge in [0.05, 0.1) is 38.1 Å². The maximum Gasteiger partial charge on any atom is 0.407 e. The zero-order chi connectivity index (χ0) is 25.9. The summed E-state index contributed by atoms with van der Waals surface area (Å²) < 4.78 is 28.9. The molecule has 1 aromatic carbocycles. The molecule has 8 heteroatoms. The summed E-state index contributed by atoms with van der Waals surface area (Å²) in [6, 6.07) is 7.58. The van der Waals surface area contributed by atoms with Gasteiger partial charge in [0.25, 0.3) is 0 Å². The Morgan fingerprint density at radius 2 is 1.46 bits per heavy atom. The molecule has 2 atom stereocenters. The van der Waals surface area contributed by atoms with Gasteiger partial charge in [0.15, 0.2) is 0 Å². The summed E-state index contributed by atoms with van der Waals surface area (Å²) >= 11 is 0. The number of carbonyl (C=O) groups is 1. The van der Waals surface area contributed by atoms with E-state index in [1.807, 2.05) is 19.1 Å². The molecule has 1 amide bonds. The van der Waals surface area contributed by atoms with E-state index < -0.39 is 25.8 Å². The lowest BCUT2D eigenvalue weighted by Crippen LogP contribution is -2.46. The molecule has 2 N–H and O–H groups in total. The molecule has 7 nitrogen and oxygen atoms in total. The zero-order valence-corrected chi connectivity index (χ0v) is 23.2. The minimum absolute atomic E-state index is 0.204. The van der Waals surface area contributed by atoms with Gasteiger partial charge in [0.1, 0.15) is 0 Å². The van der Waals surface area contributed by atoms with Crippen LogP contribution in [0.4, 0.5) is 4.79 Å². The van der Waals surface area contributed by atoms with E-state index in [9.17, 15) is 14.5 Å². The van der Waals surface area contributed by atoms with Gasteiger partial charge in [-0.25, -0.2) is 4.79 Å². The molecular formula is C27H48NO6P. The fourth-order valence-electron chi connectivity index (χ4n) is 3.88. The molecule has 0 aliphatic carbocycles. The van der Waals surface area contributed by atoms with E-state index in [0.29, 0.717) is 13.0 Å². The van der Waals surface area contributed by atoms with Gasteiger partial charge >= 0.3 is 13.7 Å². The third-order valence-corrected chi connectivity index (χ3v) is 7.98. The molecule has 0 aliphatic rings. The highest BCUT2D eigenvalue weighted by Gasteiger charge is 2.33. The van der Waals surface area contributed by atoms with Crippen molar-refractivity contribution in [2.24, 2.45) is 0 Å². The third-order valence-electron chi connectivity index (χ3n) is 5.86. The first-order chi connectivity index (χ1) is 16.9. The third kappa shape index (κ3) is 14.1. The van der Waals surface area contributed by atoms with Crippen molar-refractivity contribution in [3.63, 3.8) is 0 Å². The Morgan fingerprint density at radius 3 is 2.06 bits per heavy atom. The first-order valence-electron chi connectivity index (χ1n) is 13.4. The number of benzene rings is 1. The number of aliphatic hydroxyl groups excluding tert-OH is 1. The van der Waals surface area contributed by atoms with Crippen molar-refractivity contribution in [2.45, 2.75) is 104 Å². The molecule has 0 aromatic heterocycles. The van der Waals surface area contributed by atoms with Gasteiger partial charge in [-0.05, 0) is 50.7 Å². The van der Waals surface area contributed by atoms with Crippen molar-refractivity contribution in [1.29, 1.82) is 0 Å². The molecule has 0 heterocycles. The van der Waals surface area contributed by atoms with Crippen LogP contribution in [0.25, 0.3) is 0 Å². The monoisotopic (exact) mass is 513 g/mol. The average Bonchev–Trinajstić information content (AvgIpc) is 2.82. The Labute approximate surface area is 212 Å². The number of alkyl carbamates (subject to hydrolysis) is 1. The molecule has 0 fully saturated rings. The van der Waals surface area contributed by atoms with Crippen LogP contribution in [0.3, 0.4) is 0 Å². The molecule has 0 aliphatic heterocycles. The van der Waals surface area contributed by atoms with Gasteiger partial charge in [-0.2, -0.15) is 0 Å². The van der Waals surface area contributed by atoms with Gasteiger partial charge in [0.2, 0.25) is 0 Å². The minimum Gasteiger partial charge on any atom is -0.450 e. The number of aryl methyl sites for hydroxylation is 1. The van der Waals surface area contributed by atoms with Crippen molar-refractivity contribution in [3.8, 4) is 0 Å². The quantitative estimate of drug-likeness (QED) is 0.150. The summed E-state index contributed by atoms with van der Waals surface area (Å²) in [7, 11) is -3.48. The summed E-state index contributed by atoms with van der Waals surface area (Å²) in [4.78, 5) is 12.3. The first-order valence-corrected chi connectivity index (χ1v) is 15.2. The molecule has 0 saturated carbocycles. The molecule has 0 bridgehead atoms. The van der Waals surface area contributed by atoms with Crippen LogP contribution in [0.1, 0.15) is 90.2 Å². The molecule has 35 heavy (non-hydrogen) atoms. The lowest BCUT2D eigenvalue weighted by atomic mass is 9.99. The van der Waals surface area contributed by atoms with Crippen LogP contribution in [0, 0.1) is 0 Å². The standard InChI is InChI=1S/C27H48NO6P/c1-5-9-11-12-13-14-15-23-16-18-24(19-17-23)21-25(28-27(30)32-20-10-6-2)26(29)22-35(31,33-7-3)34-8-4/h16-19,25-26,29H,5-15,20-22H2,1-4H3,(H,28,30). The first kappa shape index (κ1) is 31.6. The van der Waals surface area contributed by atoms with Gasteiger partial charge < -0.3 is 24.2 Å². The summed E-state index contributed by atoms with van der Waals surface area (Å²) in [6.07, 6.45) is 8.79. The lowest BCUT2D eigenvalue weighted by molar-refractivity contribution is 0.108. The van der Waals surface area contributed by atoms with E-state index in [-0.39, 0.29) is 19.4 Å². The number of ether oxygens (including phenoxy) is 1. The maximum atomic E-state index is 13.0. The summed E-state index contributed by atoms with van der Waals surface area (Å²) in [5.74, 6) is 0. The Hall–Kier alpha value is -1.40. The number of unbranched alkanes of at least 4 members (excludes halogenated alkanes) is 6. The van der Waals surface area contributed by atoms with E-state index in [0.717, 1.165) is 24.8 Å². The number of hydrogen-bond acceptors (Lipinski definition) is 6. The Bertz CT molecular complexity index is 717. The molecule has 0 saturated heterocycles. The highest BCUT2D eigenvalue weighted by molar-refractivity contribution is 7.53. The van der Waals surface area contributed by atoms with Crippen molar-refractivity contribution >= 4 is 13.7 Å². The second-order valence-electron chi connectivity index (χ2n) is 8.98. The normalized spacial score (nSPS) is 13.4. The van der Waals surface area contributed by atoms with Crippen LogP contribution in [0.15, 0.2) is 24.3 Å². The molecule has 0 spiro atoms. The van der Waals surface area contributed by atoms with Gasteiger partial charge in [-0.3, -0.25) is 4.57 Å². The minimum atomic E-state index is -3.48. The second kappa shape index (κ2) is 18.8. The summed E-state index contributed by atoms with van der Waals surface area (Å²) in [5, 5.41) is 13.7. The predicted molar refractivity (Wildman–Crippen MR) is 142 cm³/mol. The van der Waals surface area contributed by atoms with E-state index in [4.69, 9.17) is 13.8 Å². The van der Waals surface area contributed by atoms with Crippen LogP contribution in [-0.2, 0) is 31.2 Å². The van der Waals surface area contributed by atoms with Crippen LogP contribution in [-0.4, -0.2) is 49.3 Å². The van der Waals surface area contributed by atoms with Crippen molar-refractivity contribution < 1.29 is 28.3 Å². The molecular weight excluding hydrogens is 465 g/mol. The maximum absolute atomic E-state index is 13.0. The molecule has 1 rings (SSSR count). The second-order valence-corrected chi connectivity index (χ2v) is 11.1. The molecule has 0 radical (unpaired) electrons. The Morgan fingerprint density at radius 1 is 0.886 bits per heavy atom. The Balaban J connectivity index is 2.79. The van der Waals surface area contributed by atoms with Crippen molar-refractivity contribution in [3.05, 3.63) is 35.4 Å². The number of rotatable bonds is 20. The van der Waals surface area contributed by atoms with E-state index >= 15 is 0 Å². The highest BCUT2D eigenvalue weighted by atomic mass is 31.2. The summed E-state index contributed by atoms with van der Waals surface area (Å²) in [5.41, 5.74) is 2.25. The Kier molecular flexibility index (Phi) is 17.0. The van der Waals surface area contributed by atoms with Gasteiger partial charge in [-0.1, -0.05) is 76.6 Å². The largest absolute Gasteiger partial charge is 0.450 e. The van der Waals surface area contributed by atoms with Crippen LogP contribution in [0.5, 0.6) is 0 Å². The van der Waals surface area contributed by atoms with Gasteiger partial charge in [0, 0.05) is 0 Å². The molecule has 202 valence electrons. The average molecular weight is 514 g/mol. The molecule has 2 unspecified atom stereocenters. The van der Waals surface area contributed by atoms with Crippen LogP contribution >= 0.6 is 7.60 Å². The van der Waals surface area contributed by atoms with E-state index in [1.165, 1.54) is 44.1 Å². The zero-order valence-electron chi connectivity index (χ0n) is 22.3. The van der Waals surface area contributed by atoms with Gasteiger partial charge in [-0.15, -0.1) is 0 Å². The highest BCUT2D eigenvalue weighted by Crippen LogP contribution is 2.48. The summed E-state index contributed by atoms with van der Waals surface area (Å²) in [6.45, 7) is 8.43. The fraction of sp³-hybridized carbons (Fsp3) is 0.741. The van der Waals surface area contributed by atoms with Crippen molar-refractivity contribution in [2.75, 3.05) is 26.0 Å².